The van der Waals surface area contributed by atoms with Gasteiger partial charge >= 0.3 is 0 Å². The van der Waals surface area contributed by atoms with Gasteiger partial charge in [0.05, 0.1) is 11.1 Å². The second-order valence-corrected chi connectivity index (χ2v) is 6.78. The van der Waals surface area contributed by atoms with Gasteiger partial charge in [-0.1, -0.05) is 30.7 Å². The molecule has 1 heterocycles. The van der Waals surface area contributed by atoms with Gasteiger partial charge < -0.3 is 10.5 Å². The maximum Gasteiger partial charge on any atom is 0.0669 e. The molecule has 3 atom stereocenters. The van der Waals surface area contributed by atoms with Gasteiger partial charge in [-0.15, -0.1) is 11.8 Å². The van der Waals surface area contributed by atoms with E-state index in [2.05, 4.69) is 19.9 Å². The molecular weight excluding hydrogens is 278 g/mol. The summed E-state index contributed by atoms with van der Waals surface area (Å²) in [6, 6.07) is 6.32. The molecule has 2 nitrogen and oxygen atoms in total. The first-order chi connectivity index (χ1) is 9.11. The molecule has 0 amide bonds. The monoisotopic (exact) mass is 299 g/mol. The van der Waals surface area contributed by atoms with Gasteiger partial charge in [-0.2, -0.15) is 0 Å². The third-order valence-electron chi connectivity index (χ3n) is 3.63. The fourth-order valence-electron chi connectivity index (χ4n) is 2.29. The van der Waals surface area contributed by atoms with Crippen LogP contribution in [0.1, 0.15) is 32.3 Å². The second-order valence-electron chi connectivity index (χ2n) is 5.12. The van der Waals surface area contributed by atoms with E-state index in [0.29, 0.717) is 11.4 Å². The second kappa shape index (κ2) is 6.98. The van der Waals surface area contributed by atoms with E-state index < -0.39 is 0 Å². The van der Waals surface area contributed by atoms with E-state index in [1.54, 1.807) is 0 Å². The molecule has 0 radical (unpaired) electrons. The molecule has 106 valence electrons. The van der Waals surface area contributed by atoms with Gasteiger partial charge in [-0.25, -0.2) is 0 Å². The Balaban J connectivity index is 2.17. The van der Waals surface area contributed by atoms with E-state index in [4.69, 9.17) is 22.1 Å². The highest BCUT2D eigenvalue weighted by Gasteiger charge is 2.26. The van der Waals surface area contributed by atoms with Crippen molar-refractivity contribution >= 4 is 23.4 Å². The van der Waals surface area contributed by atoms with Crippen LogP contribution in [-0.4, -0.2) is 24.0 Å². The van der Waals surface area contributed by atoms with Crippen molar-refractivity contribution in [2.75, 3.05) is 6.61 Å². The lowest BCUT2D eigenvalue weighted by molar-refractivity contribution is 0.127. The molecule has 1 fully saturated rings. The number of halogens is 1. The Bertz CT molecular complexity index is 427. The summed E-state index contributed by atoms with van der Waals surface area (Å²) in [7, 11) is 0. The zero-order valence-corrected chi connectivity index (χ0v) is 13.1. The van der Waals surface area contributed by atoms with Crippen LogP contribution in [0.3, 0.4) is 0 Å². The first-order valence-corrected chi connectivity index (χ1v) is 8.18. The van der Waals surface area contributed by atoms with Crippen molar-refractivity contribution in [2.45, 2.75) is 55.4 Å². The van der Waals surface area contributed by atoms with Crippen molar-refractivity contribution < 1.29 is 4.74 Å². The molecule has 1 aliphatic heterocycles. The average molecular weight is 300 g/mol. The summed E-state index contributed by atoms with van der Waals surface area (Å²) in [5, 5.41) is 1.33. The molecule has 0 saturated carbocycles. The number of hydrogen-bond donors (Lipinski definition) is 1. The molecule has 0 bridgehead atoms. The molecule has 1 saturated heterocycles. The van der Waals surface area contributed by atoms with Gasteiger partial charge in [0.15, 0.2) is 0 Å². The number of hydrogen-bond acceptors (Lipinski definition) is 3. The van der Waals surface area contributed by atoms with Gasteiger partial charge in [0.25, 0.3) is 0 Å². The van der Waals surface area contributed by atoms with Crippen molar-refractivity contribution in [2.24, 2.45) is 5.73 Å². The van der Waals surface area contributed by atoms with Crippen molar-refractivity contribution in [1.82, 2.24) is 0 Å². The van der Waals surface area contributed by atoms with Crippen molar-refractivity contribution in [3.8, 4) is 0 Å². The van der Waals surface area contributed by atoms with Crippen molar-refractivity contribution in [3.63, 3.8) is 0 Å². The third kappa shape index (κ3) is 3.88. The molecule has 3 unspecified atom stereocenters. The van der Waals surface area contributed by atoms with Gasteiger partial charge in [-0.05, 0) is 37.8 Å². The molecule has 4 heteroatoms. The maximum atomic E-state index is 6.38. The van der Waals surface area contributed by atoms with Crippen molar-refractivity contribution in [1.29, 1.82) is 0 Å². The molecule has 19 heavy (non-hydrogen) atoms. The van der Waals surface area contributed by atoms with Gasteiger partial charge in [0.1, 0.15) is 0 Å². The quantitative estimate of drug-likeness (QED) is 0.896. The summed E-state index contributed by atoms with van der Waals surface area (Å²) in [6.45, 7) is 5.11. The van der Waals surface area contributed by atoms with Crippen LogP contribution < -0.4 is 5.73 Å². The minimum atomic E-state index is 0.204. The summed E-state index contributed by atoms with van der Waals surface area (Å²) < 4.78 is 5.63. The minimum absolute atomic E-state index is 0.204. The molecule has 0 aromatic heterocycles. The summed E-state index contributed by atoms with van der Waals surface area (Å²) in [6.07, 6.45) is 3.27. The van der Waals surface area contributed by atoms with E-state index >= 15 is 0 Å². The standard InChI is InChI=1S/C15H22ClNOS/c1-3-12(17)9-11-5-4-6-13(16)15(11)19-14-7-8-18-10(14)2/h4-6,10,12,14H,3,7-9,17H2,1-2H3. The van der Waals surface area contributed by atoms with Crippen LogP contribution in [0, 0.1) is 0 Å². The zero-order valence-electron chi connectivity index (χ0n) is 11.6. The van der Waals surface area contributed by atoms with Crippen molar-refractivity contribution in [3.05, 3.63) is 28.8 Å². The fraction of sp³-hybridized carbons (Fsp3) is 0.600. The van der Waals surface area contributed by atoms with Crippen LogP contribution in [0.5, 0.6) is 0 Å². The zero-order chi connectivity index (χ0) is 13.8. The predicted molar refractivity (Wildman–Crippen MR) is 83.1 cm³/mol. The number of thioether (sulfide) groups is 1. The van der Waals surface area contributed by atoms with E-state index in [1.807, 2.05) is 23.9 Å². The highest BCUT2D eigenvalue weighted by atomic mass is 35.5. The first-order valence-electron chi connectivity index (χ1n) is 6.93. The van der Waals surface area contributed by atoms with Crippen LogP contribution in [0.2, 0.25) is 5.02 Å². The first kappa shape index (κ1) is 15.2. The summed E-state index contributed by atoms with van der Waals surface area (Å²) in [4.78, 5) is 1.19. The van der Waals surface area contributed by atoms with E-state index in [-0.39, 0.29) is 6.04 Å². The fourth-order valence-corrected chi connectivity index (χ4v) is 3.89. The average Bonchev–Trinajstić information content (AvgIpc) is 2.79. The van der Waals surface area contributed by atoms with Gasteiger partial charge in [0.2, 0.25) is 0 Å². The lowest BCUT2D eigenvalue weighted by atomic mass is 10.0. The largest absolute Gasteiger partial charge is 0.377 e. The molecule has 1 aromatic rings. The van der Waals surface area contributed by atoms with E-state index in [0.717, 1.165) is 30.9 Å². The summed E-state index contributed by atoms with van der Waals surface area (Å²) >= 11 is 8.23. The third-order valence-corrected chi connectivity index (χ3v) is 5.70. The molecule has 0 aliphatic carbocycles. The molecule has 2 N–H and O–H groups in total. The predicted octanol–water partition coefficient (Wildman–Crippen LogP) is 3.89. The smallest absolute Gasteiger partial charge is 0.0669 e. The summed E-state index contributed by atoms with van der Waals surface area (Å²) in [5.74, 6) is 0. The lowest BCUT2D eigenvalue weighted by Crippen LogP contribution is -2.22. The number of benzene rings is 1. The molecule has 0 spiro atoms. The Morgan fingerprint density at radius 2 is 2.32 bits per heavy atom. The Kier molecular flexibility index (Phi) is 5.58. The van der Waals surface area contributed by atoms with Gasteiger partial charge in [0, 0.05) is 22.8 Å². The Morgan fingerprint density at radius 1 is 1.53 bits per heavy atom. The van der Waals surface area contributed by atoms with Crippen LogP contribution in [0.25, 0.3) is 0 Å². The van der Waals surface area contributed by atoms with E-state index in [1.165, 1.54) is 10.5 Å². The van der Waals surface area contributed by atoms with Crippen LogP contribution in [0.4, 0.5) is 0 Å². The Labute approximate surface area is 125 Å². The topological polar surface area (TPSA) is 35.2 Å². The molecule has 1 aliphatic rings. The SMILES string of the molecule is CCC(N)Cc1cccc(Cl)c1SC1CCOC1C. The highest BCUT2D eigenvalue weighted by Crippen LogP contribution is 2.38. The Hall–Kier alpha value is -0.220. The minimum Gasteiger partial charge on any atom is -0.377 e. The van der Waals surface area contributed by atoms with Crippen LogP contribution in [-0.2, 0) is 11.2 Å². The van der Waals surface area contributed by atoms with Crippen LogP contribution in [0.15, 0.2) is 23.1 Å². The maximum absolute atomic E-state index is 6.38. The van der Waals surface area contributed by atoms with Gasteiger partial charge in [-0.3, -0.25) is 0 Å². The van der Waals surface area contributed by atoms with Crippen LogP contribution >= 0.6 is 23.4 Å². The molecule has 2 rings (SSSR count). The lowest BCUT2D eigenvalue weighted by Gasteiger charge is -2.19. The Morgan fingerprint density at radius 3 is 2.95 bits per heavy atom. The number of rotatable bonds is 5. The number of ether oxygens (including phenoxy) is 1. The summed E-state index contributed by atoms with van der Waals surface area (Å²) in [5.41, 5.74) is 7.35. The van der Waals surface area contributed by atoms with E-state index in [9.17, 15) is 0 Å². The number of nitrogens with two attached hydrogens (primary N) is 1. The normalized spacial score (nSPS) is 24.6. The molecular formula is C15H22ClNOS. The highest BCUT2D eigenvalue weighted by molar-refractivity contribution is 8.00. The molecule has 1 aromatic carbocycles.